The minimum atomic E-state index is -0.333. The molecule has 25 heavy (non-hydrogen) atoms. The summed E-state index contributed by atoms with van der Waals surface area (Å²) in [5.41, 5.74) is 3.24. The van der Waals surface area contributed by atoms with Crippen molar-refractivity contribution in [2.24, 2.45) is 0 Å². The van der Waals surface area contributed by atoms with Crippen LogP contribution in [-0.2, 0) is 9.53 Å². The Labute approximate surface area is 148 Å². The summed E-state index contributed by atoms with van der Waals surface area (Å²) < 4.78 is 5.51. The third-order valence-corrected chi connectivity index (χ3v) is 4.01. The molecule has 0 heterocycles. The lowest BCUT2D eigenvalue weighted by Gasteiger charge is -2.17. The van der Waals surface area contributed by atoms with Gasteiger partial charge in [-0.1, -0.05) is 91.0 Å². The van der Waals surface area contributed by atoms with Gasteiger partial charge < -0.3 is 4.74 Å². The van der Waals surface area contributed by atoms with Gasteiger partial charge in [-0.05, 0) is 22.8 Å². The van der Waals surface area contributed by atoms with Crippen molar-refractivity contribution >= 4 is 12.0 Å². The van der Waals surface area contributed by atoms with Crippen LogP contribution in [0.15, 0.2) is 97.1 Å². The highest BCUT2D eigenvalue weighted by Gasteiger charge is 2.15. The Kier molecular flexibility index (Phi) is 5.78. The van der Waals surface area contributed by atoms with Gasteiger partial charge in [0.15, 0.2) is 0 Å². The molecule has 0 aliphatic rings. The zero-order valence-electron chi connectivity index (χ0n) is 13.9. The molecule has 3 rings (SSSR count). The Hall–Kier alpha value is -3.13. The lowest BCUT2D eigenvalue weighted by Crippen LogP contribution is -2.12. The maximum atomic E-state index is 12.1. The van der Waals surface area contributed by atoms with Crippen molar-refractivity contribution in [3.63, 3.8) is 0 Å². The quantitative estimate of drug-likeness (QED) is 0.466. The Bertz CT molecular complexity index is 769. The van der Waals surface area contributed by atoms with E-state index in [0.717, 1.165) is 16.7 Å². The van der Waals surface area contributed by atoms with E-state index in [1.165, 1.54) is 6.08 Å². The summed E-state index contributed by atoms with van der Waals surface area (Å²) in [6.07, 6.45) is 3.24. The van der Waals surface area contributed by atoms with Crippen molar-refractivity contribution in [3.05, 3.63) is 114 Å². The highest BCUT2D eigenvalue weighted by Crippen LogP contribution is 2.24. The zero-order chi connectivity index (χ0) is 17.3. The van der Waals surface area contributed by atoms with Gasteiger partial charge in [-0.25, -0.2) is 4.79 Å². The molecule has 3 aromatic rings. The second kappa shape index (κ2) is 8.65. The molecule has 0 fully saturated rings. The molecule has 0 unspecified atom stereocenters. The van der Waals surface area contributed by atoms with Crippen molar-refractivity contribution in [2.75, 3.05) is 6.61 Å². The second-order valence-corrected chi connectivity index (χ2v) is 5.75. The Balaban J connectivity index is 1.69. The van der Waals surface area contributed by atoms with Gasteiger partial charge in [-0.3, -0.25) is 0 Å². The van der Waals surface area contributed by atoms with E-state index >= 15 is 0 Å². The number of hydrogen-bond acceptors (Lipinski definition) is 2. The zero-order valence-corrected chi connectivity index (χ0v) is 13.9. The van der Waals surface area contributed by atoms with Crippen LogP contribution in [0.25, 0.3) is 6.08 Å². The highest BCUT2D eigenvalue weighted by atomic mass is 16.5. The molecule has 0 bridgehead atoms. The maximum absolute atomic E-state index is 12.1. The topological polar surface area (TPSA) is 26.3 Å². The average Bonchev–Trinajstić information content (AvgIpc) is 2.69. The van der Waals surface area contributed by atoms with Gasteiger partial charge >= 0.3 is 5.97 Å². The van der Waals surface area contributed by atoms with E-state index in [1.54, 1.807) is 6.08 Å². The van der Waals surface area contributed by atoms with Crippen molar-refractivity contribution in [1.29, 1.82) is 0 Å². The SMILES string of the molecule is O=C(C=Cc1ccccc1)OCC(c1ccccc1)c1ccccc1. The highest BCUT2D eigenvalue weighted by molar-refractivity contribution is 5.87. The molecule has 0 saturated carbocycles. The number of benzene rings is 3. The van der Waals surface area contributed by atoms with Crippen LogP contribution in [0.3, 0.4) is 0 Å². The van der Waals surface area contributed by atoms with E-state index in [2.05, 4.69) is 24.3 Å². The van der Waals surface area contributed by atoms with E-state index < -0.39 is 0 Å². The second-order valence-electron chi connectivity index (χ2n) is 5.75. The van der Waals surface area contributed by atoms with Crippen LogP contribution >= 0.6 is 0 Å². The first-order valence-electron chi connectivity index (χ1n) is 8.33. The first kappa shape index (κ1) is 16.7. The first-order chi connectivity index (χ1) is 12.3. The summed E-state index contributed by atoms with van der Waals surface area (Å²) in [6.45, 7) is 0.311. The van der Waals surface area contributed by atoms with Gasteiger partial charge in [0, 0.05) is 12.0 Å². The molecule has 0 amide bonds. The third-order valence-electron chi connectivity index (χ3n) is 4.01. The number of hydrogen-bond donors (Lipinski definition) is 0. The van der Waals surface area contributed by atoms with E-state index in [-0.39, 0.29) is 11.9 Å². The molecule has 0 aromatic heterocycles. The summed E-state index contributed by atoms with van der Waals surface area (Å²) in [5, 5.41) is 0. The first-order valence-corrected chi connectivity index (χ1v) is 8.33. The van der Waals surface area contributed by atoms with Gasteiger partial charge in [-0.15, -0.1) is 0 Å². The summed E-state index contributed by atoms with van der Waals surface area (Å²) in [5.74, 6) is -0.308. The van der Waals surface area contributed by atoms with Gasteiger partial charge in [-0.2, -0.15) is 0 Å². The third kappa shape index (κ3) is 4.92. The monoisotopic (exact) mass is 328 g/mol. The number of ether oxygens (including phenoxy) is 1. The molecule has 0 saturated heterocycles. The molecule has 0 radical (unpaired) electrons. The summed E-state index contributed by atoms with van der Waals surface area (Å²) in [4.78, 5) is 12.1. The predicted molar refractivity (Wildman–Crippen MR) is 101 cm³/mol. The van der Waals surface area contributed by atoms with E-state index in [1.807, 2.05) is 66.7 Å². The average molecular weight is 328 g/mol. The molecule has 2 heteroatoms. The van der Waals surface area contributed by atoms with Crippen LogP contribution in [0, 0.1) is 0 Å². The maximum Gasteiger partial charge on any atom is 0.330 e. The molecule has 0 spiro atoms. The van der Waals surface area contributed by atoms with Gasteiger partial charge in [0.2, 0.25) is 0 Å². The normalized spacial score (nSPS) is 10.9. The largest absolute Gasteiger partial charge is 0.462 e. The molecule has 2 nitrogen and oxygen atoms in total. The van der Waals surface area contributed by atoms with Gasteiger partial charge in [0.1, 0.15) is 6.61 Å². The van der Waals surface area contributed by atoms with Crippen LogP contribution < -0.4 is 0 Å². The molecule has 0 atom stereocenters. The molecule has 0 N–H and O–H groups in total. The summed E-state index contributed by atoms with van der Waals surface area (Å²) >= 11 is 0. The molecule has 0 aliphatic heterocycles. The smallest absolute Gasteiger partial charge is 0.330 e. The van der Waals surface area contributed by atoms with Crippen LogP contribution in [0.1, 0.15) is 22.6 Å². The van der Waals surface area contributed by atoms with Crippen molar-refractivity contribution in [3.8, 4) is 0 Å². The molecule has 0 aliphatic carbocycles. The van der Waals surface area contributed by atoms with Crippen LogP contribution in [0.2, 0.25) is 0 Å². The fourth-order valence-corrected chi connectivity index (χ4v) is 2.70. The van der Waals surface area contributed by atoms with Crippen molar-refractivity contribution in [2.45, 2.75) is 5.92 Å². The van der Waals surface area contributed by atoms with Crippen LogP contribution in [-0.4, -0.2) is 12.6 Å². The van der Waals surface area contributed by atoms with E-state index in [9.17, 15) is 4.79 Å². The summed E-state index contributed by atoms with van der Waals surface area (Å²) in [6, 6.07) is 29.9. The van der Waals surface area contributed by atoms with Crippen molar-refractivity contribution in [1.82, 2.24) is 0 Å². The molecule has 3 aromatic carbocycles. The Morgan fingerprint density at radius 2 is 1.24 bits per heavy atom. The van der Waals surface area contributed by atoms with Crippen molar-refractivity contribution < 1.29 is 9.53 Å². The van der Waals surface area contributed by atoms with Gasteiger partial charge in [0.25, 0.3) is 0 Å². The molecule has 124 valence electrons. The summed E-state index contributed by atoms with van der Waals surface area (Å²) in [7, 11) is 0. The fraction of sp³-hybridized carbons (Fsp3) is 0.0870. The Morgan fingerprint density at radius 1 is 0.760 bits per heavy atom. The van der Waals surface area contributed by atoms with E-state index in [0.29, 0.717) is 6.61 Å². The van der Waals surface area contributed by atoms with Crippen LogP contribution in [0.4, 0.5) is 0 Å². The molecular weight excluding hydrogens is 308 g/mol. The minimum Gasteiger partial charge on any atom is -0.462 e. The predicted octanol–water partition coefficient (Wildman–Crippen LogP) is 5.08. The number of carbonyl (C=O) groups excluding carboxylic acids is 1. The number of rotatable bonds is 6. The number of esters is 1. The molecular formula is C23H20O2. The minimum absolute atomic E-state index is 0.0245. The lowest BCUT2D eigenvalue weighted by atomic mass is 9.92. The standard InChI is InChI=1S/C23H20O2/c24-23(17-16-19-10-4-1-5-11-19)25-18-22(20-12-6-2-7-13-20)21-14-8-3-9-15-21/h1-17,22H,18H2. The van der Waals surface area contributed by atoms with Gasteiger partial charge in [0.05, 0.1) is 0 Å². The van der Waals surface area contributed by atoms with E-state index in [4.69, 9.17) is 4.74 Å². The Morgan fingerprint density at radius 3 is 1.76 bits per heavy atom. The number of carbonyl (C=O) groups is 1. The van der Waals surface area contributed by atoms with Crippen LogP contribution in [0.5, 0.6) is 0 Å². The lowest BCUT2D eigenvalue weighted by molar-refractivity contribution is -0.137. The fourth-order valence-electron chi connectivity index (χ4n) is 2.70.